The summed E-state index contributed by atoms with van der Waals surface area (Å²) in [6.45, 7) is 3.90. The molecule has 32 heavy (non-hydrogen) atoms. The number of hydrogen-bond acceptors (Lipinski definition) is 5. The molecule has 0 aliphatic rings. The minimum absolute atomic E-state index is 0.105. The van der Waals surface area contributed by atoms with Crippen molar-refractivity contribution in [3.8, 4) is 0 Å². The highest BCUT2D eigenvalue weighted by Gasteiger charge is 2.32. The minimum Gasteiger partial charge on any atom is -0.298 e. The molecule has 0 aliphatic carbocycles. The second-order valence-corrected chi connectivity index (χ2v) is 8.05. The molecule has 4 aromatic heterocycles. The maximum atomic E-state index is 14.2. The van der Waals surface area contributed by atoms with Crippen LogP contribution in [0.2, 0.25) is 0 Å². The van der Waals surface area contributed by atoms with Crippen LogP contribution in [-0.2, 0) is 17.6 Å². The molecule has 4 rings (SSSR count). The van der Waals surface area contributed by atoms with Gasteiger partial charge in [0, 0.05) is 36.2 Å². The van der Waals surface area contributed by atoms with E-state index in [0.29, 0.717) is 12.8 Å². The Labute approximate surface area is 188 Å². The Hall–Kier alpha value is -3.73. The first-order valence-corrected chi connectivity index (χ1v) is 10.8. The number of ketones is 1. The highest BCUT2D eigenvalue weighted by Crippen LogP contribution is 2.30. The molecule has 5 heteroatoms. The fraction of sp³-hybridized carbons (Fsp3) is 0.222. The van der Waals surface area contributed by atoms with Crippen LogP contribution in [0.3, 0.4) is 0 Å². The predicted octanol–water partition coefficient (Wildman–Crippen LogP) is 4.81. The first-order valence-electron chi connectivity index (χ1n) is 10.8. The van der Waals surface area contributed by atoms with Gasteiger partial charge in [-0.3, -0.25) is 24.7 Å². The lowest BCUT2D eigenvalue weighted by atomic mass is 9.81. The van der Waals surface area contributed by atoms with Gasteiger partial charge in [0.1, 0.15) is 0 Å². The lowest BCUT2D eigenvalue weighted by Gasteiger charge is -2.23. The standard InChI is InChI=1S/C27H26N4O/c1-19-7-3-11-25(30-19)23(15-21-9-5-13-28-17-21)27(32)24(16-22-10-6-14-29-18-22)26-12-4-8-20(2)31-26/h3-14,17-18,23-24H,15-16H2,1-2H3. The van der Waals surface area contributed by atoms with E-state index in [1.165, 1.54) is 0 Å². The normalized spacial score (nSPS) is 12.8. The van der Waals surface area contributed by atoms with E-state index in [1.807, 2.05) is 86.9 Å². The predicted molar refractivity (Wildman–Crippen MR) is 124 cm³/mol. The van der Waals surface area contributed by atoms with E-state index in [-0.39, 0.29) is 5.78 Å². The molecule has 2 unspecified atom stereocenters. The first kappa shape index (κ1) is 21.5. The summed E-state index contributed by atoms with van der Waals surface area (Å²) in [6.07, 6.45) is 8.20. The van der Waals surface area contributed by atoms with Crippen molar-refractivity contribution in [2.45, 2.75) is 38.5 Å². The summed E-state index contributed by atoms with van der Waals surface area (Å²) in [7, 11) is 0. The molecule has 0 amide bonds. The van der Waals surface area contributed by atoms with E-state index >= 15 is 0 Å². The van der Waals surface area contributed by atoms with Crippen LogP contribution in [-0.4, -0.2) is 25.7 Å². The molecule has 4 aromatic rings. The number of rotatable bonds is 8. The van der Waals surface area contributed by atoms with Crippen LogP contribution >= 0.6 is 0 Å². The fourth-order valence-electron chi connectivity index (χ4n) is 3.97. The Kier molecular flexibility index (Phi) is 6.75. The zero-order valence-electron chi connectivity index (χ0n) is 18.3. The van der Waals surface area contributed by atoms with E-state index in [0.717, 1.165) is 33.9 Å². The molecule has 0 bridgehead atoms. The second kappa shape index (κ2) is 10.1. The van der Waals surface area contributed by atoms with E-state index in [9.17, 15) is 4.79 Å². The number of Topliss-reactive ketones (excluding diaryl/α,β-unsaturated/α-hetero) is 1. The maximum absolute atomic E-state index is 14.2. The first-order chi connectivity index (χ1) is 15.6. The number of aromatic nitrogens is 4. The van der Waals surface area contributed by atoms with Crippen molar-refractivity contribution in [2.24, 2.45) is 0 Å². The van der Waals surface area contributed by atoms with Crippen LogP contribution in [0.1, 0.15) is 45.7 Å². The maximum Gasteiger partial charge on any atom is 0.151 e. The zero-order valence-corrected chi connectivity index (χ0v) is 18.3. The van der Waals surface area contributed by atoms with Crippen LogP contribution in [0.4, 0.5) is 0 Å². The number of carbonyl (C=O) groups is 1. The van der Waals surface area contributed by atoms with Crippen molar-refractivity contribution >= 4 is 5.78 Å². The average molecular weight is 423 g/mol. The van der Waals surface area contributed by atoms with E-state index in [1.54, 1.807) is 12.4 Å². The zero-order chi connectivity index (χ0) is 22.3. The van der Waals surface area contributed by atoms with Crippen LogP contribution < -0.4 is 0 Å². The van der Waals surface area contributed by atoms with Crippen molar-refractivity contribution in [1.82, 2.24) is 19.9 Å². The Balaban J connectivity index is 1.76. The second-order valence-electron chi connectivity index (χ2n) is 8.05. The monoisotopic (exact) mass is 422 g/mol. The van der Waals surface area contributed by atoms with Crippen LogP contribution in [0.25, 0.3) is 0 Å². The Morgan fingerprint density at radius 2 is 1.16 bits per heavy atom. The van der Waals surface area contributed by atoms with E-state index in [2.05, 4.69) is 9.97 Å². The van der Waals surface area contributed by atoms with Gasteiger partial charge < -0.3 is 0 Å². The van der Waals surface area contributed by atoms with Crippen LogP contribution in [0.15, 0.2) is 85.5 Å². The van der Waals surface area contributed by atoms with Gasteiger partial charge in [-0.1, -0.05) is 24.3 Å². The number of nitrogens with zero attached hydrogens (tertiary/aromatic N) is 4. The van der Waals surface area contributed by atoms with Gasteiger partial charge in [0.25, 0.3) is 0 Å². The molecule has 0 saturated heterocycles. The molecule has 0 aromatic carbocycles. The van der Waals surface area contributed by atoms with Crippen molar-refractivity contribution in [3.05, 3.63) is 119 Å². The summed E-state index contributed by atoms with van der Waals surface area (Å²) in [5.41, 5.74) is 5.36. The number of carbonyl (C=O) groups excluding carboxylic acids is 1. The summed E-state index contributed by atoms with van der Waals surface area (Å²) in [5.74, 6) is -0.694. The Bertz CT molecular complexity index is 1090. The largest absolute Gasteiger partial charge is 0.298 e. The third-order valence-corrected chi connectivity index (χ3v) is 5.55. The number of hydrogen-bond donors (Lipinski definition) is 0. The van der Waals surface area contributed by atoms with Crippen LogP contribution in [0, 0.1) is 13.8 Å². The molecule has 160 valence electrons. The molecular weight excluding hydrogens is 396 g/mol. The van der Waals surface area contributed by atoms with Crippen molar-refractivity contribution in [1.29, 1.82) is 0 Å². The lowest BCUT2D eigenvalue weighted by molar-refractivity contribution is -0.122. The molecule has 0 saturated carbocycles. The molecular formula is C27H26N4O. The molecule has 2 atom stereocenters. The van der Waals surface area contributed by atoms with Crippen molar-refractivity contribution < 1.29 is 4.79 Å². The van der Waals surface area contributed by atoms with Gasteiger partial charge in [-0.2, -0.15) is 0 Å². The lowest BCUT2D eigenvalue weighted by Crippen LogP contribution is -2.26. The van der Waals surface area contributed by atoms with Crippen molar-refractivity contribution in [2.75, 3.05) is 0 Å². The summed E-state index contributed by atoms with van der Waals surface area (Å²) in [4.78, 5) is 32.1. The molecule has 0 spiro atoms. The molecule has 0 fully saturated rings. The number of pyridine rings is 4. The van der Waals surface area contributed by atoms with Gasteiger partial charge in [0.2, 0.25) is 0 Å². The quantitative estimate of drug-likeness (QED) is 0.408. The molecule has 0 aliphatic heterocycles. The summed E-state index contributed by atoms with van der Waals surface area (Å²) < 4.78 is 0. The SMILES string of the molecule is Cc1cccc(C(Cc2cccnc2)C(=O)C(Cc2cccnc2)c2cccc(C)n2)n1. The summed E-state index contributed by atoms with van der Waals surface area (Å²) in [5, 5.41) is 0. The van der Waals surface area contributed by atoms with Gasteiger partial charge in [-0.25, -0.2) is 0 Å². The third kappa shape index (κ3) is 5.30. The average Bonchev–Trinajstić information content (AvgIpc) is 2.82. The van der Waals surface area contributed by atoms with Gasteiger partial charge in [-0.05, 0) is 74.2 Å². The summed E-state index contributed by atoms with van der Waals surface area (Å²) >= 11 is 0. The molecule has 4 heterocycles. The Morgan fingerprint density at radius 3 is 1.53 bits per heavy atom. The van der Waals surface area contributed by atoms with Crippen LogP contribution in [0.5, 0.6) is 0 Å². The van der Waals surface area contributed by atoms with Gasteiger partial charge in [-0.15, -0.1) is 0 Å². The highest BCUT2D eigenvalue weighted by atomic mass is 16.1. The third-order valence-electron chi connectivity index (χ3n) is 5.55. The highest BCUT2D eigenvalue weighted by molar-refractivity contribution is 5.91. The van der Waals surface area contributed by atoms with Gasteiger partial charge >= 0.3 is 0 Å². The smallest absolute Gasteiger partial charge is 0.151 e. The Morgan fingerprint density at radius 1 is 0.688 bits per heavy atom. The van der Waals surface area contributed by atoms with Gasteiger partial charge in [0.15, 0.2) is 5.78 Å². The van der Waals surface area contributed by atoms with Gasteiger partial charge in [0.05, 0.1) is 23.2 Å². The minimum atomic E-state index is -0.400. The molecule has 5 nitrogen and oxygen atoms in total. The molecule has 0 N–H and O–H groups in total. The van der Waals surface area contributed by atoms with Crippen molar-refractivity contribution in [3.63, 3.8) is 0 Å². The van der Waals surface area contributed by atoms with E-state index in [4.69, 9.17) is 9.97 Å². The topological polar surface area (TPSA) is 68.6 Å². The fourth-order valence-corrected chi connectivity index (χ4v) is 3.97. The summed E-state index contributed by atoms with van der Waals surface area (Å²) in [6, 6.07) is 19.5. The number of aryl methyl sites for hydroxylation is 2. The van der Waals surface area contributed by atoms with E-state index < -0.39 is 11.8 Å². The molecule has 0 radical (unpaired) electrons.